The van der Waals surface area contributed by atoms with Gasteiger partial charge in [0, 0.05) is 36.9 Å². The van der Waals surface area contributed by atoms with Crippen molar-refractivity contribution in [3.63, 3.8) is 0 Å². The van der Waals surface area contributed by atoms with Crippen molar-refractivity contribution in [2.75, 3.05) is 31.3 Å². The first-order valence-corrected chi connectivity index (χ1v) is 13.7. The van der Waals surface area contributed by atoms with Crippen LogP contribution < -0.4 is 15.8 Å². The molecule has 0 spiro atoms. The molecule has 4 N–H and O–H groups in total. The number of aliphatic hydroxyl groups is 1. The van der Waals surface area contributed by atoms with Gasteiger partial charge >= 0.3 is 5.97 Å². The number of hydrogen-bond acceptors (Lipinski definition) is 9. The number of ether oxygens (including phenoxy) is 2. The molecule has 1 fully saturated rings. The Hall–Kier alpha value is -2.91. The highest BCUT2D eigenvalue weighted by Crippen LogP contribution is 2.30. The van der Waals surface area contributed by atoms with Crippen LogP contribution in [0.3, 0.4) is 0 Å². The van der Waals surface area contributed by atoms with E-state index in [1.807, 2.05) is 33.8 Å². The van der Waals surface area contributed by atoms with Gasteiger partial charge in [-0.2, -0.15) is 4.98 Å². The predicted octanol–water partition coefficient (Wildman–Crippen LogP) is 4.24. The average molecular weight is 528 g/mol. The number of rotatable bonds is 12. The zero-order valence-corrected chi connectivity index (χ0v) is 23.8. The van der Waals surface area contributed by atoms with E-state index in [1.54, 1.807) is 7.11 Å². The minimum Gasteiger partial charge on any atom is -0.496 e. The third-order valence-corrected chi connectivity index (χ3v) is 6.83. The third-order valence-electron chi connectivity index (χ3n) is 6.83. The Morgan fingerprint density at radius 2 is 2.05 bits per heavy atom. The fourth-order valence-corrected chi connectivity index (χ4v) is 5.05. The second-order valence-electron chi connectivity index (χ2n) is 11.1. The molecular weight excluding hydrogens is 482 g/mol. The Balaban J connectivity index is 1.81. The fourth-order valence-electron chi connectivity index (χ4n) is 5.05. The average Bonchev–Trinajstić information content (AvgIpc) is 3.29. The van der Waals surface area contributed by atoms with E-state index in [0.717, 1.165) is 60.4 Å². The van der Waals surface area contributed by atoms with Gasteiger partial charge in [0.15, 0.2) is 0 Å². The number of aromatic nitrogens is 2. The first kappa shape index (κ1) is 29.6. The number of benzene rings is 1. The first-order chi connectivity index (χ1) is 18.0. The Morgan fingerprint density at radius 3 is 2.71 bits per heavy atom. The smallest absolute Gasteiger partial charge is 0.323 e. The van der Waals surface area contributed by atoms with E-state index in [1.165, 1.54) is 0 Å². The molecule has 2 heterocycles. The van der Waals surface area contributed by atoms with Crippen molar-refractivity contribution in [3.05, 3.63) is 40.6 Å². The van der Waals surface area contributed by atoms with E-state index in [9.17, 15) is 9.90 Å². The summed E-state index contributed by atoms with van der Waals surface area (Å²) in [5, 5.41) is 13.0. The molecule has 1 aromatic carbocycles. The van der Waals surface area contributed by atoms with E-state index in [0.29, 0.717) is 25.2 Å². The van der Waals surface area contributed by atoms with E-state index >= 15 is 0 Å². The normalized spacial score (nSPS) is 16.9. The lowest BCUT2D eigenvalue weighted by molar-refractivity contribution is -0.160. The van der Waals surface area contributed by atoms with E-state index < -0.39 is 5.60 Å². The third kappa shape index (κ3) is 8.04. The van der Waals surface area contributed by atoms with Crippen LogP contribution in [-0.2, 0) is 22.5 Å². The summed E-state index contributed by atoms with van der Waals surface area (Å²) in [5.41, 5.74) is 9.34. The molecule has 2 unspecified atom stereocenters. The van der Waals surface area contributed by atoms with Gasteiger partial charge in [0.2, 0.25) is 5.95 Å². The van der Waals surface area contributed by atoms with Crippen LogP contribution in [0.1, 0.15) is 82.2 Å². The minimum atomic E-state index is -0.497. The number of aliphatic hydroxyl groups excluding tert-OH is 1. The lowest BCUT2D eigenvalue weighted by Gasteiger charge is -2.27. The molecule has 0 saturated carbocycles. The van der Waals surface area contributed by atoms with E-state index in [2.05, 4.69) is 39.2 Å². The highest BCUT2D eigenvalue weighted by atomic mass is 16.6. The number of hydrogen-bond donors (Lipinski definition) is 3. The maximum absolute atomic E-state index is 12.8. The molecule has 210 valence electrons. The maximum Gasteiger partial charge on any atom is 0.323 e. The van der Waals surface area contributed by atoms with Crippen molar-refractivity contribution in [2.24, 2.45) is 0 Å². The Bertz CT molecular complexity index is 1080. The summed E-state index contributed by atoms with van der Waals surface area (Å²) in [5.74, 6) is 1.55. The van der Waals surface area contributed by atoms with Crippen LogP contribution in [0.25, 0.3) is 0 Å². The van der Waals surface area contributed by atoms with Gasteiger partial charge in [-0.15, -0.1) is 0 Å². The standard InChI is InChI=1S/C29H45N5O4/c1-7-9-22(13-15-35)32-26-23(19(2)31-28(30)33-26)17-21-12-11-20(16-25(21)37-6)18-34-14-8-10-24(34)27(36)38-29(3,4)5/h11-12,16,22,24,35H,7-10,13-15,17-18H2,1-6H3,(H3,30,31,32,33). The lowest BCUT2D eigenvalue weighted by Crippen LogP contribution is -2.40. The first-order valence-electron chi connectivity index (χ1n) is 13.7. The van der Waals surface area contributed by atoms with Gasteiger partial charge in [0.25, 0.3) is 0 Å². The van der Waals surface area contributed by atoms with Crippen LogP contribution >= 0.6 is 0 Å². The zero-order chi connectivity index (χ0) is 27.9. The number of anilines is 2. The number of nitrogens with zero attached hydrogens (tertiary/aromatic N) is 3. The number of carbonyl (C=O) groups excluding carboxylic acids is 1. The van der Waals surface area contributed by atoms with Gasteiger partial charge in [-0.3, -0.25) is 9.69 Å². The molecule has 0 aliphatic carbocycles. The molecule has 2 aromatic rings. The maximum atomic E-state index is 12.8. The van der Waals surface area contributed by atoms with Crippen molar-refractivity contribution in [1.82, 2.24) is 14.9 Å². The van der Waals surface area contributed by atoms with Crippen molar-refractivity contribution in [2.45, 2.75) is 97.4 Å². The number of esters is 1. The van der Waals surface area contributed by atoms with Crippen LogP contribution in [0.2, 0.25) is 0 Å². The molecule has 9 nitrogen and oxygen atoms in total. The van der Waals surface area contributed by atoms with Gasteiger partial charge in [-0.1, -0.05) is 25.5 Å². The molecule has 0 radical (unpaired) electrons. The van der Waals surface area contributed by atoms with Gasteiger partial charge in [0.05, 0.1) is 7.11 Å². The van der Waals surface area contributed by atoms with Gasteiger partial charge < -0.3 is 25.6 Å². The summed E-state index contributed by atoms with van der Waals surface area (Å²) in [6.07, 6.45) is 4.90. The second-order valence-corrected chi connectivity index (χ2v) is 11.1. The molecule has 1 aliphatic rings. The van der Waals surface area contributed by atoms with Crippen molar-refractivity contribution in [3.8, 4) is 5.75 Å². The zero-order valence-electron chi connectivity index (χ0n) is 23.8. The number of nitrogens with two attached hydrogens (primary N) is 1. The topological polar surface area (TPSA) is 123 Å². The summed E-state index contributed by atoms with van der Waals surface area (Å²) in [4.78, 5) is 23.9. The summed E-state index contributed by atoms with van der Waals surface area (Å²) in [6.45, 7) is 11.4. The molecule has 0 amide bonds. The van der Waals surface area contributed by atoms with E-state index in [4.69, 9.17) is 15.2 Å². The van der Waals surface area contributed by atoms with Crippen LogP contribution in [0, 0.1) is 6.92 Å². The summed E-state index contributed by atoms with van der Waals surface area (Å²) >= 11 is 0. The number of aryl methyl sites for hydroxylation is 1. The second kappa shape index (κ2) is 13.2. The number of likely N-dealkylation sites (tertiary alicyclic amines) is 1. The predicted molar refractivity (Wildman–Crippen MR) is 150 cm³/mol. The number of nitrogens with one attached hydrogen (secondary N) is 1. The van der Waals surface area contributed by atoms with Crippen LogP contribution in [0.15, 0.2) is 18.2 Å². The van der Waals surface area contributed by atoms with Crippen LogP contribution in [-0.4, -0.2) is 63.9 Å². The highest BCUT2D eigenvalue weighted by molar-refractivity contribution is 5.76. The largest absolute Gasteiger partial charge is 0.496 e. The molecule has 1 aliphatic heterocycles. The van der Waals surface area contributed by atoms with Crippen molar-refractivity contribution < 1.29 is 19.4 Å². The van der Waals surface area contributed by atoms with Crippen LogP contribution in [0.4, 0.5) is 11.8 Å². The Kier molecular flexibility index (Phi) is 10.3. The number of nitrogen functional groups attached to an aromatic ring is 1. The molecule has 2 atom stereocenters. The molecule has 38 heavy (non-hydrogen) atoms. The molecule has 3 rings (SSSR count). The summed E-state index contributed by atoms with van der Waals surface area (Å²) in [7, 11) is 1.67. The fraction of sp³-hybridized carbons (Fsp3) is 0.621. The summed E-state index contributed by atoms with van der Waals surface area (Å²) in [6, 6.07) is 6.09. The molecule has 9 heteroatoms. The Labute approximate surface area is 227 Å². The summed E-state index contributed by atoms with van der Waals surface area (Å²) < 4.78 is 11.5. The SMILES string of the molecule is CCCC(CCO)Nc1nc(N)nc(C)c1Cc1ccc(CN2CCCC2C(=O)OC(C)(C)C)cc1OC. The van der Waals surface area contributed by atoms with Crippen molar-refractivity contribution in [1.29, 1.82) is 0 Å². The van der Waals surface area contributed by atoms with Gasteiger partial charge in [0.1, 0.15) is 23.2 Å². The van der Waals surface area contributed by atoms with E-state index in [-0.39, 0.29) is 30.6 Å². The minimum absolute atomic E-state index is 0.0973. The molecule has 1 saturated heterocycles. The number of methoxy groups -OCH3 is 1. The molecular formula is C29H45N5O4. The highest BCUT2D eigenvalue weighted by Gasteiger charge is 2.34. The molecule has 1 aromatic heterocycles. The van der Waals surface area contributed by atoms with Gasteiger partial charge in [-0.05, 0) is 77.1 Å². The number of carbonyl (C=O) groups is 1. The lowest BCUT2D eigenvalue weighted by atomic mass is 10.0. The van der Waals surface area contributed by atoms with Gasteiger partial charge in [-0.25, -0.2) is 4.98 Å². The monoisotopic (exact) mass is 527 g/mol. The van der Waals surface area contributed by atoms with Crippen LogP contribution in [0.5, 0.6) is 5.75 Å². The Morgan fingerprint density at radius 1 is 1.29 bits per heavy atom. The quantitative estimate of drug-likeness (QED) is 0.348. The molecule has 0 bridgehead atoms. The van der Waals surface area contributed by atoms with Crippen molar-refractivity contribution >= 4 is 17.7 Å².